The maximum absolute atomic E-state index is 5.94. The average molecular weight is 255 g/mol. The lowest BCUT2D eigenvalue weighted by Gasteiger charge is -2.04. The zero-order chi connectivity index (χ0) is 12.8. The minimum absolute atomic E-state index is 0.860. The minimum atomic E-state index is 0.860. The van der Waals surface area contributed by atoms with Gasteiger partial charge in [-0.1, -0.05) is 48.6 Å². The standard InChI is InChI=1S/C16H17NS/c1-13-9-10-15(17)16(12-13)18-11-5-8-14-6-3-2-4-7-14/h2-10,12H,11,17H2,1H3. The van der Waals surface area contributed by atoms with Crippen LogP contribution in [0.25, 0.3) is 6.08 Å². The smallest absolute Gasteiger partial charge is 0.0452 e. The van der Waals surface area contributed by atoms with Crippen molar-refractivity contribution in [3.8, 4) is 0 Å². The Morgan fingerprint density at radius 1 is 1.11 bits per heavy atom. The normalized spacial score (nSPS) is 10.9. The van der Waals surface area contributed by atoms with E-state index >= 15 is 0 Å². The maximum atomic E-state index is 5.94. The van der Waals surface area contributed by atoms with E-state index in [0.29, 0.717) is 0 Å². The first-order chi connectivity index (χ1) is 8.75. The summed E-state index contributed by atoms with van der Waals surface area (Å²) >= 11 is 1.77. The molecule has 2 aromatic carbocycles. The topological polar surface area (TPSA) is 26.0 Å². The third-order valence-corrected chi connectivity index (χ3v) is 3.64. The van der Waals surface area contributed by atoms with Gasteiger partial charge in [0.25, 0.3) is 0 Å². The van der Waals surface area contributed by atoms with Gasteiger partial charge in [-0.3, -0.25) is 0 Å². The Bertz CT molecular complexity index is 532. The number of benzene rings is 2. The van der Waals surface area contributed by atoms with Crippen molar-refractivity contribution >= 4 is 23.5 Å². The summed E-state index contributed by atoms with van der Waals surface area (Å²) in [5.41, 5.74) is 9.28. The first-order valence-electron chi connectivity index (χ1n) is 5.96. The van der Waals surface area contributed by atoms with E-state index in [0.717, 1.165) is 16.3 Å². The Morgan fingerprint density at radius 3 is 2.67 bits per heavy atom. The molecular weight excluding hydrogens is 238 g/mol. The Morgan fingerprint density at radius 2 is 1.89 bits per heavy atom. The highest BCUT2D eigenvalue weighted by atomic mass is 32.2. The molecule has 2 N–H and O–H groups in total. The molecule has 0 aliphatic carbocycles. The Balaban J connectivity index is 1.92. The second-order valence-corrected chi connectivity index (χ2v) is 5.23. The van der Waals surface area contributed by atoms with Crippen molar-refractivity contribution in [3.05, 3.63) is 65.7 Å². The predicted molar refractivity (Wildman–Crippen MR) is 81.8 cm³/mol. The van der Waals surface area contributed by atoms with Crippen molar-refractivity contribution < 1.29 is 0 Å². The van der Waals surface area contributed by atoms with E-state index < -0.39 is 0 Å². The highest BCUT2D eigenvalue weighted by Crippen LogP contribution is 2.26. The summed E-state index contributed by atoms with van der Waals surface area (Å²) in [6, 6.07) is 16.5. The molecule has 0 aromatic heterocycles. The second-order valence-electron chi connectivity index (χ2n) is 4.17. The van der Waals surface area contributed by atoms with E-state index in [4.69, 9.17) is 5.73 Å². The van der Waals surface area contributed by atoms with Crippen LogP contribution in [0.1, 0.15) is 11.1 Å². The van der Waals surface area contributed by atoms with Gasteiger partial charge in [0.2, 0.25) is 0 Å². The monoisotopic (exact) mass is 255 g/mol. The number of thioether (sulfide) groups is 1. The van der Waals surface area contributed by atoms with Crippen LogP contribution in [-0.4, -0.2) is 5.75 Å². The summed E-state index contributed by atoms with van der Waals surface area (Å²) in [7, 11) is 0. The molecular formula is C16H17NS. The van der Waals surface area contributed by atoms with E-state index in [9.17, 15) is 0 Å². The number of nitrogen functional groups attached to an aromatic ring is 1. The molecule has 0 atom stereocenters. The lowest BCUT2D eigenvalue weighted by Crippen LogP contribution is -1.89. The lowest BCUT2D eigenvalue weighted by atomic mass is 10.2. The van der Waals surface area contributed by atoms with Gasteiger partial charge in [0, 0.05) is 16.3 Å². The van der Waals surface area contributed by atoms with Crippen molar-refractivity contribution in [3.63, 3.8) is 0 Å². The van der Waals surface area contributed by atoms with Crippen LogP contribution >= 0.6 is 11.8 Å². The fourth-order valence-electron chi connectivity index (χ4n) is 1.65. The molecule has 0 saturated heterocycles. The SMILES string of the molecule is Cc1ccc(N)c(SCC=Cc2ccccc2)c1. The zero-order valence-corrected chi connectivity index (χ0v) is 11.3. The molecule has 2 heteroatoms. The van der Waals surface area contributed by atoms with Gasteiger partial charge in [-0.05, 0) is 30.2 Å². The van der Waals surface area contributed by atoms with Crippen LogP contribution in [0.5, 0.6) is 0 Å². The molecule has 0 saturated carbocycles. The van der Waals surface area contributed by atoms with E-state index in [1.165, 1.54) is 11.1 Å². The summed E-state index contributed by atoms with van der Waals surface area (Å²) in [6.07, 6.45) is 4.31. The molecule has 0 fully saturated rings. The van der Waals surface area contributed by atoms with Crippen molar-refractivity contribution in [2.24, 2.45) is 0 Å². The Hall–Kier alpha value is -1.67. The van der Waals surface area contributed by atoms with Gasteiger partial charge in [-0.15, -0.1) is 11.8 Å². The van der Waals surface area contributed by atoms with Gasteiger partial charge in [0.1, 0.15) is 0 Å². The molecule has 2 rings (SSSR count). The molecule has 1 nitrogen and oxygen atoms in total. The van der Waals surface area contributed by atoms with Gasteiger partial charge in [-0.25, -0.2) is 0 Å². The fourth-order valence-corrected chi connectivity index (χ4v) is 2.53. The molecule has 92 valence electrons. The quantitative estimate of drug-likeness (QED) is 0.648. The highest BCUT2D eigenvalue weighted by Gasteiger charge is 1.98. The second kappa shape index (κ2) is 6.31. The average Bonchev–Trinajstić information content (AvgIpc) is 2.40. The largest absolute Gasteiger partial charge is 0.398 e. The number of hydrogen-bond acceptors (Lipinski definition) is 2. The fraction of sp³-hybridized carbons (Fsp3) is 0.125. The van der Waals surface area contributed by atoms with Crippen LogP contribution in [-0.2, 0) is 0 Å². The van der Waals surface area contributed by atoms with Gasteiger partial charge >= 0.3 is 0 Å². The Labute approximate surface area is 113 Å². The highest BCUT2D eigenvalue weighted by molar-refractivity contribution is 7.99. The molecule has 0 unspecified atom stereocenters. The van der Waals surface area contributed by atoms with Gasteiger partial charge in [0.15, 0.2) is 0 Å². The minimum Gasteiger partial charge on any atom is -0.398 e. The summed E-state index contributed by atoms with van der Waals surface area (Å²) in [5.74, 6) is 0.933. The number of anilines is 1. The number of nitrogens with two attached hydrogens (primary N) is 1. The van der Waals surface area contributed by atoms with E-state index in [1.807, 2.05) is 30.3 Å². The molecule has 0 spiro atoms. The predicted octanol–water partition coefficient (Wildman–Crippen LogP) is 4.38. The van der Waals surface area contributed by atoms with E-state index in [-0.39, 0.29) is 0 Å². The maximum Gasteiger partial charge on any atom is 0.0452 e. The molecule has 0 bridgehead atoms. The van der Waals surface area contributed by atoms with Crippen LogP contribution in [0.2, 0.25) is 0 Å². The molecule has 0 aliphatic rings. The first-order valence-corrected chi connectivity index (χ1v) is 6.95. The molecule has 0 radical (unpaired) electrons. The molecule has 0 aliphatic heterocycles. The third kappa shape index (κ3) is 3.67. The zero-order valence-electron chi connectivity index (χ0n) is 10.5. The number of aryl methyl sites for hydroxylation is 1. The number of hydrogen-bond donors (Lipinski definition) is 1. The van der Waals surface area contributed by atoms with Crippen LogP contribution in [0.15, 0.2) is 59.5 Å². The van der Waals surface area contributed by atoms with Crippen LogP contribution < -0.4 is 5.73 Å². The van der Waals surface area contributed by atoms with E-state index in [2.05, 4.69) is 37.3 Å². The van der Waals surface area contributed by atoms with Crippen LogP contribution in [0.3, 0.4) is 0 Å². The van der Waals surface area contributed by atoms with E-state index in [1.54, 1.807) is 11.8 Å². The van der Waals surface area contributed by atoms with Crippen molar-refractivity contribution in [2.45, 2.75) is 11.8 Å². The summed E-state index contributed by atoms with van der Waals surface area (Å²) < 4.78 is 0. The van der Waals surface area contributed by atoms with Gasteiger partial charge in [0.05, 0.1) is 0 Å². The molecule has 0 amide bonds. The summed E-state index contributed by atoms with van der Waals surface area (Å²) in [5, 5.41) is 0. The van der Waals surface area contributed by atoms with Crippen molar-refractivity contribution in [1.82, 2.24) is 0 Å². The molecule has 0 heterocycles. The molecule has 2 aromatic rings. The van der Waals surface area contributed by atoms with Crippen LogP contribution in [0, 0.1) is 6.92 Å². The number of rotatable bonds is 4. The van der Waals surface area contributed by atoms with Gasteiger partial charge in [-0.2, -0.15) is 0 Å². The van der Waals surface area contributed by atoms with Gasteiger partial charge < -0.3 is 5.73 Å². The third-order valence-electron chi connectivity index (χ3n) is 2.61. The van der Waals surface area contributed by atoms with Crippen molar-refractivity contribution in [1.29, 1.82) is 0 Å². The Kier molecular flexibility index (Phi) is 4.48. The van der Waals surface area contributed by atoms with Crippen LogP contribution in [0.4, 0.5) is 5.69 Å². The molecule has 18 heavy (non-hydrogen) atoms. The summed E-state index contributed by atoms with van der Waals surface area (Å²) in [4.78, 5) is 1.16. The first kappa shape index (κ1) is 12.8. The van der Waals surface area contributed by atoms with Crippen molar-refractivity contribution in [2.75, 3.05) is 11.5 Å². The lowest BCUT2D eigenvalue weighted by molar-refractivity contribution is 1.36. The summed E-state index contributed by atoms with van der Waals surface area (Å²) in [6.45, 7) is 2.09.